The number of hydrazone groups is 1. The molecule has 0 saturated heterocycles. The highest BCUT2D eigenvalue weighted by Gasteiger charge is 2.13. The number of carbonyl (C=O) groups excluding carboxylic acids is 1. The Morgan fingerprint density at radius 2 is 1.91 bits per heavy atom. The fraction of sp³-hybridized carbons (Fsp3) is 0.0800. The fourth-order valence-electron chi connectivity index (χ4n) is 3.24. The number of para-hydroxylation sites is 1. The Hall–Kier alpha value is -3.90. The van der Waals surface area contributed by atoms with Gasteiger partial charge in [0.25, 0.3) is 5.91 Å². The molecule has 2 N–H and O–H groups in total. The highest BCUT2D eigenvalue weighted by Crippen LogP contribution is 2.27. The predicted molar refractivity (Wildman–Crippen MR) is 127 cm³/mol. The Labute approximate surface area is 190 Å². The molecule has 0 saturated carbocycles. The third kappa shape index (κ3) is 4.71. The Balaban J connectivity index is 1.62. The second kappa shape index (κ2) is 9.49. The molecule has 0 unspecified atom stereocenters. The number of nitrogens with zero attached hydrogens (tertiary/aromatic N) is 2. The topological polar surface area (TPSA) is 83.8 Å². The Morgan fingerprint density at radius 3 is 2.69 bits per heavy atom. The smallest absolute Gasteiger partial charge is 0.272 e. The maximum absolute atomic E-state index is 13.0. The van der Waals surface area contributed by atoms with Gasteiger partial charge in [0.15, 0.2) is 11.5 Å². The van der Waals surface area contributed by atoms with Gasteiger partial charge in [-0.2, -0.15) is 5.10 Å². The Bertz CT molecular complexity index is 1300. The summed E-state index contributed by atoms with van der Waals surface area (Å²) in [5.74, 6) is 0.0420. The Kier molecular flexibility index (Phi) is 6.33. The monoisotopic (exact) mass is 445 g/mol. The first-order valence-electron chi connectivity index (χ1n) is 10.00. The highest BCUT2D eigenvalue weighted by molar-refractivity contribution is 6.30. The van der Waals surface area contributed by atoms with Crippen LogP contribution in [0, 0.1) is 0 Å². The van der Waals surface area contributed by atoms with Crippen LogP contribution in [0.2, 0.25) is 5.02 Å². The van der Waals surface area contributed by atoms with Crippen molar-refractivity contribution in [1.29, 1.82) is 0 Å². The molecule has 32 heavy (non-hydrogen) atoms. The van der Waals surface area contributed by atoms with Crippen molar-refractivity contribution in [2.75, 3.05) is 6.61 Å². The molecule has 0 aliphatic carbocycles. The van der Waals surface area contributed by atoms with E-state index in [1.807, 2.05) is 43.3 Å². The summed E-state index contributed by atoms with van der Waals surface area (Å²) in [5, 5.41) is 15.2. The van der Waals surface area contributed by atoms with E-state index in [9.17, 15) is 9.90 Å². The van der Waals surface area contributed by atoms with Gasteiger partial charge < -0.3 is 9.84 Å². The highest BCUT2D eigenvalue weighted by atomic mass is 35.5. The first-order valence-corrected chi connectivity index (χ1v) is 10.4. The maximum atomic E-state index is 13.0. The zero-order valence-corrected chi connectivity index (χ0v) is 18.0. The standard InChI is InChI=1S/C25H20ClN3O3/c1-2-32-24-13-16(7-12-23(24)30)15-27-29-25(31)20-14-22(17-8-10-18(26)11-9-17)28-21-6-4-3-5-19(20)21/h3-15,30H,2H2,1H3,(H,29,31). The lowest BCUT2D eigenvalue weighted by molar-refractivity contribution is 0.0956. The van der Waals surface area contributed by atoms with E-state index >= 15 is 0 Å². The van der Waals surface area contributed by atoms with Crippen LogP contribution in [0.3, 0.4) is 0 Å². The second-order valence-corrected chi connectivity index (χ2v) is 7.37. The molecule has 0 spiro atoms. The van der Waals surface area contributed by atoms with E-state index in [2.05, 4.69) is 15.5 Å². The zero-order valence-electron chi connectivity index (χ0n) is 17.2. The molecular weight excluding hydrogens is 426 g/mol. The molecule has 1 amide bonds. The van der Waals surface area contributed by atoms with Crippen molar-refractivity contribution in [1.82, 2.24) is 10.4 Å². The summed E-state index contributed by atoms with van der Waals surface area (Å²) in [6.45, 7) is 2.26. The summed E-state index contributed by atoms with van der Waals surface area (Å²) in [5.41, 5.74) is 5.92. The number of benzene rings is 3. The molecule has 1 heterocycles. The van der Waals surface area contributed by atoms with Crippen molar-refractivity contribution < 1.29 is 14.6 Å². The van der Waals surface area contributed by atoms with Crippen LogP contribution in [0.15, 0.2) is 77.9 Å². The number of amides is 1. The fourth-order valence-corrected chi connectivity index (χ4v) is 3.37. The van der Waals surface area contributed by atoms with Gasteiger partial charge in [0.1, 0.15) is 0 Å². The lowest BCUT2D eigenvalue weighted by atomic mass is 10.0. The number of aromatic nitrogens is 1. The van der Waals surface area contributed by atoms with Crippen molar-refractivity contribution >= 4 is 34.6 Å². The summed E-state index contributed by atoms with van der Waals surface area (Å²) >= 11 is 6.00. The largest absolute Gasteiger partial charge is 0.504 e. The molecule has 0 aliphatic rings. The van der Waals surface area contributed by atoms with Crippen LogP contribution in [-0.4, -0.2) is 28.8 Å². The second-order valence-electron chi connectivity index (χ2n) is 6.94. The van der Waals surface area contributed by atoms with Gasteiger partial charge in [-0.05, 0) is 55.0 Å². The number of ether oxygens (including phenoxy) is 1. The van der Waals surface area contributed by atoms with E-state index in [0.29, 0.717) is 39.7 Å². The number of phenols is 1. The third-order valence-corrected chi connectivity index (χ3v) is 5.02. The average Bonchev–Trinajstić information content (AvgIpc) is 2.81. The van der Waals surface area contributed by atoms with Gasteiger partial charge in [-0.25, -0.2) is 10.4 Å². The number of fused-ring (bicyclic) bond motifs is 1. The third-order valence-electron chi connectivity index (χ3n) is 4.76. The lowest BCUT2D eigenvalue weighted by Gasteiger charge is -2.09. The van der Waals surface area contributed by atoms with E-state index in [0.717, 1.165) is 10.9 Å². The minimum atomic E-state index is -0.362. The van der Waals surface area contributed by atoms with Crippen LogP contribution in [0.25, 0.3) is 22.2 Å². The number of carbonyl (C=O) groups is 1. The first-order chi connectivity index (χ1) is 15.5. The average molecular weight is 446 g/mol. The number of aromatic hydroxyl groups is 1. The molecule has 7 heteroatoms. The van der Waals surface area contributed by atoms with Crippen LogP contribution < -0.4 is 10.2 Å². The molecule has 160 valence electrons. The molecular formula is C25H20ClN3O3. The summed E-state index contributed by atoms with van der Waals surface area (Å²) in [7, 11) is 0. The normalized spacial score (nSPS) is 11.1. The van der Waals surface area contributed by atoms with Crippen LogP contribution >= 0.6 is 11.6 Å². The molecule has 0 bridgehead atoms. The van der Waals surface area contributed by atoms with E-state index in [1.54, 1.807) is 30.3 Å². The van der Waals surface area contributed by atoms with E-state index in [1.165, 1.54) is 12.3 Å². The molecule has 0 atom stereocenters. The first kappa shape index (κ1) is 21.3. The quantitative estimate of drug-likeness (QED) is 0.306. The number of pyridine rings is 1. The van der Waals surface area contributed by atoms with Gasteiger partial charge >= 0.3 is 0 Å². The van der Waals surface area contributed by atoms with Gasteiger partial charge in [-0.15, -0.1) is 0 Å². The summed E-state index contributed by atoms with van der Waals surface area (Å²) in [6.07, 6.45) is 1.49. The molecule has 0 aliphatic heterocycles. The molecule has 6 nitrogen and oxygen atoms in total. The SMILES string of the molecule is CCOc1cc(C=NNC(=O)c2cc(-c3ccc(Cl)cc3)nc3ccccc23)ccc1O. The number of rotatable bonds is 6. The van der Waals surface area contributed by atoms with E-state index in [4.69, 9.17) is 16.3 Å². The number of hydrogen-bond acceptors (Lipinski definition) is 5. The van der Waals surface area contributed by atoms with Crippen LogP contribution in [0.1, 0.15) is 22.8 Å². The van der Waals surface area contributed by atoms with Crippen LogP contribution in [-0.2, 0) is 0 Å². The number of halogens is 1. The maximum Gasteiger partial charge on any atom is 0.272 e. The molecule has 0 fully saturated rings. The Morgan fingerprint density at radius 1 is 1.12 bits per heavy atom. The number of hydrogen-bond donors (Lipinski definition) is 2. The lowest BCUT2D eigenvalue weighted by Crippen LogP contribution is -2.18. The van der Waals surface area contributed by atoms with Gasteiger partial charge in [-0.3, -0.25) is 4.79 Å². The van der Waals surface area contributed by atoms with Gasteiger partial charge in [0, 0.05) is 16.0 Å². The predicted octanol–water partition coefficient (Wildman–Crippen LogP) is 5.42. The molecule has 1 aromatic heterocycles. The summed E-state index contributed by atoms with van der Waals surface area (Å²) in [6, 6.07) is 21.3. The number of phenolic OH excluding ortho intramolecular Hbond substituents is 1. The van der Waals surface area contributed by atoms with Crippen molar-refractivity contribution in [3.63, 3.8) is 0 Å². The van der Waals surface area contributed by atoms with Crippen molar-refractivity contribution in [2.24, 2.45) is 5.10 Å². The van der Waals surface area contributed by atoms with Gasteiger partial charge in [-0.1, -0.05) is 41.9 Å². The number of nitrogens with one attached hydrogen (secondary N) is 1. The van der Waals surface area contributed by atoms with Crippen molar-refractivity contribution in [3.05, 3.63) is 88.9 Å². The minimum absolute atomic E-state index is 0.0472. The van der Waals surface area contributed by atoms with Crippen LogP contribution in [0.5, 0.6) is 11.5 Å². The van der Waals surface area contributed by atoms with E-state index < -0.39 is 0 Å². The van der Waals surface area contributed by atoms with Gasteiger partial charge in [0.05, 0.1) is 29.6 Å². The van der Waals surface area contributed by atoms with Crippen molar-refractivity contribution in [3.8, 4) is 22.8 Å². The molecule has 3 aromatic carbocycles. The summed E-state index contributed by atoms with van der Waals surface area (Å²) < 4.78 is 5.37. The molecule has 4 aromatic rings. The summed E-state index contributed by atoms with van der Waals surface area (Å²) in [4.78, 5) is 17.7. The minimum Gasteiger partial charge on any atom is -0.504 e. The van der Waals surface area contributed by atoms with Crippen molar-refractivity contribution in [2.45, 2.75) is 6.92 Å². The zero-order chi connectivity index (χ0) is 22.5. The molecule has 4 rings (SSSR count). The molecule has 0 radical (unpaired) electrons. The van der Waals surface area contributed by atoms with Crippen LogP contribution in [0.4, 0.5) is 0 Å². The van der Waals surface area contributed by atoms with Gasteiger partial charge in [0.2, 0.25) is 0 Å². The van der Waals surface area contributed by atoms with E-state index in [-0.39, 0.29) is 11.7 Å².